The van der Waals surface area contributed by atoms with Crippen molar-refractivity contribution in [2.45, 2.75) is 33.7 Å². The zero-order valence-corrected chi connectivity index (χ0v) is 11.9. The van der Waals surface area contributed by atoms with E-state index in [-0.39, 0.29) is 10.6 Å². The molecule has 20 heavy (non-hydrogen) atoms. The highest BCUT2D eigenvalue weighted by atomic mass is 16.6. The van der Waals surface area contributed by atoms with E-state index in [1.165, 1.54) is 0 Å². The van der Waals surface area contributed by atoms with Gasteiger partial charge < -0.3 is 9.73 Å². The number of benzene rings is 1. The second-order valence-electron chi connectivity index (χ2n) is 4.79. The average molecular weight is 274 g/mol. The number of nitro groups is 1. The van der Waals surface area contributed by atoms with Crippen LogP contribution in [0.15, 0.2) is 28.7 Å². The van der Waals surface area contributed by atoms with Gasteiger partial charge in [0.2, 0.25) is 0 Å². The van der Waals surface area contributed by atoms with Crippen LogP contribution in [-0.2, 0) is 13.0 Å². The maximum Gasteiger partial charge on any atom is 0.272 e. The van der Waals surface area contributed by atoms with E-state index in [4.69, 9.17) is 4.42 Å². The van der Waals surface area contributed by atoms with Crippen LogP contribution in [0.2, 0.25) is 0 Å². The summed E-state index contributed by atoms with van der Waals surface area (Å²) in [4.78, 5) is 10.5. The Hall–Kier alpha value is -2.30. The molecule has 0 aliphatic carbocycles. The molecule has 0 saturated heterocycles. The van der Waals surface area contributed by atoms with Crippen LogP contribution in [0.5, 0.6) is 0 Å². The fourth-order valence-corrected chi connectivity index (χ4v) is 2.08. The highest BCUT2D eigenvalue weighted by Crippen LogP contribution is 2.26. The summed E-state index contributed by atoms with van der Waals surface area (Å²) in [6, 6.07) is 7.30. The molecule has 5 nitrogen and oxygen atoms in total. The number of nitrogens with one attached hydrogen (secondary N) is 1. The standard InChI is InChI=1S/C15H18N2O3/c1-4-12-5-6-13(20-12)9-16-14-7-11(3)15(17(18)19)8-10(14)2/h5-8,16H,4,9H2,1-3H3. The Morgan fingerprint density at radius 3 is 2.50 bits per heavy atom. The molecule has 2 rings (SSSR count). The molecule has 1 aromatic heterocycles. The van der Waals surface area contributed by atoms with Gasteiger partial charge >= 0.3 is 0 Å². The van der Waals surface area contributed by atoms with Crippen LogP contribution in [0, 0.1) is 24.0 Å². The van der Waals surface area contributed by atoms with E-state index in [9.17, 15) is 10.1 Å². The molecule has 0 amide bonds. The molecule has 0 fully saturated rings. The number of anilines is 1. The maximum absolute atomic E-state index is 10.9. The first-order valence-electron chi connectivity index (χ1n) is 6.58. The number of furan rings is 1. The molecule has 0 bridgehead atoms. The van der Waals surface area contributed by atoms with Crippen LogP contribution < -0.4 is 5.32 Å². The third-order valence-corrected chi connectivity index (χ3v) is 3.26. The van der Waals surface area contributed by atoms with Gasteiger partial charge in [0.05, 0.1) is 11.5 Å². The lowest BCUT2D eigenvalue weighted by atomic mass is 10.1. The summed E-state index contributed by atoms with van der Waals surface area (Å²) in [6.45, 7) is 6.21. The summed E-state index contributed by atoms with van der Waals surface area (Å²) in [5, 5.41) is 14.1. The van der Waals surface area contributed by atoms with Crippen molar-refractivity contribution in [2.75, 3.05) is 5.32 Å². The molecule has 0 aliphatic rings. The van der Waals surface area contributed by atoms with Gasteiger partial charge in [-0.3, -0.25) is 10.1 Å². The van der Waals surface area contributed by atoms with Crippen LogP contribution in [0.25, 0.3) is 0 Å². The number of nitrogens with zero attached hydrogens (tertiary/aromatic N) is 1. The molecular weight excluding hydrogens is 256 g/mol. The lowest BCUT2D eigenvalue weighted by molar-refractivity contribution is -0.385. The van der Waals surface area contributed by atoms with Gasteiger partial charge in [-0.05, 0) is 37.6 Å². The molecule has 1 N–H and O–H groups in total. The Morgan fingerprint density at radius 1 is 1.20 bits per heavy atom. The maximum atomic E-state index is 10.9. The smallest absolute Gasteiger partial charge is 0.272 e. The van der Waals surface area contributed by atoms with Gasteiger partial charge in [-0.1, -0.05) is 6.92 Å². The van der Waals surface area contributed by atoms with Gasteiger partial charge in [0.25, 0.3) is 5.69 Å². The molecule has 0 unspecified atom stereocenters. The van der Waals surface area contributed by atoms with Crippen molar-refractivity contribution in [1.29, 1.82) is 0 Å². The largest absolute Gasteiger partial charge is 0.464 e. The topological polar surface area (TPSA) is 68.3 Å². The zero-order chi connectivity index (χ0) is 14.7. The van der Waals surface area contributed by atoms with Gasteiger partial charge in [0.1, 0.15) is 11.5 Å². The Balaban J connectivity index is 2.13. The average Bonchev–Trinajstić information content (AvgIpc) is 2.87. The molecular formula is C15H18N2O3. The molecule has 106 valence electrons. The molecule has 0 spiro atoms. The fraction of sp³-hybridized carbons (Fsp3) is 0.333. The van der Waals surface area contributed by atoms with Crippen molar-refractivity contribution in [3.05, 3.63) is 57.0 Å². The normalized spacial score (nSPS) is 10.6. The first kappa shape index (κ1) is 14.1. The van der Waals surface area contributed by atoms with Crippen molar-refractivity contribution < 1.29 is 9.34 Å². The van der Waals surface area contributed by atoms with Gasteiger partial charge in [-0.15, -0.1) is 0 Å². The minimum absolute atomic E-state index is 0.152. The summed E-state index contributed by atoms with van der Waals surface area (Å²) in [7, 11) is 0. The Labute approximate surface area is 117 Å². The quantitative estimate of drug-likeness (QED) is 0.661. The van der Waals surface area contributed by atoms with Crippen molar-refractivity contribution >= 4 is 11.4 Å². The molecule has 1 aromatic carbocycles. The zero-order valence-electron chi connectivity index (χ0n) is 11.9. The van der Waals surface area contributed by atoms with Crippen LogP contribution in [0.1, 0.15) is 29.6 Å². The van der Waals surface area contributed by atoms with Crippen molar-refractivity contribution in [2.24, 2.45) is 0 Å². The number of hydrogen-bond acceptors (Lipinski definition) is 4. The molecule has 0 aliphatic heterocycles. The van der Waals surface area contributed by atoms with Crippen molar-refractivity contribution in [3.63, 3.8) is 0 Å². The van der Waals surface area contributed by atoms with Crippen LogP contribution >= 0.6 is 0 Å². The molecule has 2 aromatic rings. The van der Waals surface area contributed by atoms with Gasteiger partial charge in [0, 0.05) is 23.7 Å². The predicted molar refractivity (Wildman–Crippen MR) is 78.0 cm³/mol. The van der Waals surface area contributed by atoms with E-state index >= 15 is 0 Å². The first-order valence-corrected chi connectivity index (χ1v) is 6.58. The third kappa shape index (κ3) is 2.99. The summed E-state index contributed by atoms with van der Waals surface area (Å²) >= 11 is 0. The van der Waals surface area contributed by atoms with Crippen molar-refractivity contribution in [3.8, 4) is 0 Å². The molecule has 0 atom stereocenters. The van der Waals surface area contributed by atoms with Crippen LogP contribution in [0.3, 0.4) is 0 Å². The van der Waals surface area contributed by atoms with Crippen LogP contribution in [0.4, 0.5) is 11.4 Å². The molecule has 0 saturated carbocycles. The minimum atomic E-state index is -0.355. The Kier molecular flexibility index (Phi) is 4.08. The number of rotatable bonds is 5. The minimum Gasteiger partial charge on any atom is -0.464 e. The number of hydrogen-bond donors (Lipinski definition) is 1. The van der Waals surface area contributed by atoms with E-state index in [1.807, 2.05) is 26.0 Å². The van der Waals surface area contributed by atoms with Gasteiger partial charge in [-0.2, -0.15) is 0 Å². The summed E-state index contributed by atoms with van der Waals surface area (Å²) in [5.74, 6) is 1.82. The van der Waals surface area contributed by atoms with E-state index in [1.54, 1.807) is 19.1 Å². The van der Waals surface area contributed by atoms with E-state index in [2.05, 4.69) is 5.32 Å². The first-order chi connectivity index (χ1) is 9.51. The summed E-state index contributed by atoms with van der Waals surface area (Å²) < 4.78 is 5.62. The molecule has 1 heterocycles. The SMILES string of the molecule is CCc1ccc(CNc2cc(C)c([N+](=O)[O-])cc2C)o1. The predicted octanol–water partition coefficient (Wildman–Crippen LogP) is 3.98. The lowest BCUT2D eigenvalue weighted by Gasteiger charge is -2.09. The third-order valence-electron chi connectivity index (χ3n) is 3.26. The Bertz CT molecular complexity index is 632. The lowest BCUT2D eigenvalue weighted by Crippen LogP contribution is -2.02. The Morgan fingerprint density at radius 2 is 1.90 bits per heavy atom. The van der Waals surface area contributed by atoms with Crippen molar-refractivity contribution in [1.82, 2.24) is 0 Å². The van der Waals surface area contributed by atoms with Crippen LogP contribution in [-0.4, -0.2) is 4.92 Å². The summed E-state index contributed by atoms with van der Waals surface area (Å²) in [6.07, 6.45) is 0.871. The monoisotopic (exact) mass is 274 g/mol. The fourth-order valence-electron chi connectivity index (χ4n) is 2.08. The van der Waals surface area contributed by atoms with E-state index < -0.39 is 0 Å². The second kappa shape index (κ2) is 5.77. The van der Waals surface area contributed by atoms with Gasteiger partial charge in [-0.25, -0.2) is 0 Å². The summed E-state index contributed by atoms with van der Waals surface area (Å²) in [5.41, 5.74) is 2.54. The second-order valence-corrected chi connectivity index (χ2v) is 4.79. The van der Waals surface area contributed by atoms with E-state index in [0.717, 1.165) is 29.2 Å². The highest BCUT2D eigenvalue weighted by molar-refractivity contribution is 5.59. The van der Waals surface area contributed by atoms with Gasteiger partial charge in [0.15, 0.2) is 0 Å². The highest BCUT2D eigenvalue weighted by Gasteiger charge is 2.13. The number of nitro benzene ring substituents is 1. The van der Waals surface area contributed by atoms with E-state index in [0.29, 0.717) is 12.1 Å². The number of aryl methyl sites for hydroxylation is 3. The molecule has 5 heteroatoms. The molecule has 0 radical (unpaired) electrons.